The molecule has 1 aromatic heterocycles. The SMILES string of the molecule is C=C/C=C\C(=C/C=C)n1nnn(CCCN(CC)CC)c1=S. The molecule has 0 amide bonds. The van der Waals surface area contributed by atoms with E-state index in [-0.39, 0.29) is 0 Å². The van der Waals surface area contributed by atoms with Gasteiger partial charge >= 0.3 is 0 Å². The molecule has 0 aromatic carbocycles. The maximum absolute atomic E-state index is 5.45. The molecule has 1 heterocycles. The normalized spacial score (nSPS) is 12.2. The minimum absolute atomic E-state index is 0.585. The highest BCUT2D eigenvalue weighted by atomic mass is 32.1. The Bertz CT molecular complexity index is 590. The molecule has 0 N–H and O–H groups in total. The molecule has 22 heavy (non-hydrogen) atoms. The monoisotopic (exact) mass is 319 g/mol. The van der Waals surface area contributed by atoms with Crippen molar-refractivity contribution in [2.45, 2.75) is 26.8 Å². The number of hydrogen-bond acceptors (Lipinski definition) is 4. The van der Waals surface area contributed by atoms with Crippen molar-refractivity contribution in [1.82, 2.24) is 24.7 Å². The smallest absolute Gasteiger partial charge is 0.220 e. The first-order valence-electron chi connectivity index (χ1n) is 7.55. The highest BCUT2D eigenvalue weighted by molar-refractivity contribution is 7.71. The van der Waals surface area contributed by atoms with Crippen molar-refractivity contribution in [3.63, 3.8) is 0 Å². The summed E-state index contributed by atoms with van der Waals surface area (Å²) in [4.78, 5) is 2.38. The van der Waals surface area contributed by atoms with Gasteiger partial charge in [0.1, 0.15) is 0 Å². The molecule has 0 saturated carbocycles. The Kier molecular flexibility index (Phi) is 8.32. The van der Waals surface area contributed by atoms with Crippen molar-refractivity contribution in [3.8, 4) is 0 Å². The molecular formula is C16H25N5S. The highest BCUT2D eigenvalue weighted by Crippen LogP contribution is 2.07. The van der Waals surface area contributed by atoms with Gasteiger partial charge in [0.2, 0.25) is 4.77 Å². The van der Waals surface area contributed by atoms with Crippen molar-refractivity contribution < 1.29 is 0 Å². The summed E-state index contributed by atoms with van der Waals surface area (Å²) in [6.07, 6.45) is 9.94. The van der Waals surface area contributed by atoms with Crippen molar-refractivity contribution in [2.75, 3.05) is 19.6 Å². The zero-order valence-corrected chi connectivity index (χ0v) is 14.3. The Balaban J connectivity index is 2.82. The van der Waals surface area contributed by atoms with Crippen LogP contribution >= 0.6 is 12.2 Å². The Hall–Kier alpha value is -1.79. The van der Waals surface area contributed by atoms with Gasteiger partial charge in [0, 0.05) is 6.54 Å². The lowest BCUT2D eigenvalue weighted by Crippen LogP contribution is -2.25. The van der Waals surface area contributed by atoms with E-state index in [2.05, 4.69) is 42.3 Å². The molecule has 0 aliphatic rings. The van der Waals surface area contributed by atoms with Crippen LogP contribution in [0.2, 0.25) is 0 Å². The molecule has 6 heteroatoms. The zero-order chi connectivity index (χ0) is 16.4. The predicted octanol–water partition coefficient (Wildman–Crippen LogP) is 3.31. The summed E-state index contributed by atoms with van der Waals surface area (Å²) in [6.45, 7) is 15.6. The minimum Gasteiger partial charge on any atom is -0.304 e. The van der Waals surface area contributed by atoms with E-state index in [0.717, 1.165) is 38.3 Å². The van der Waals surface area contributed by atoms with E-state index in [1.165, 1.54) is 0 Å². The lowest BCUT2D eigenvalue weighted by Gasteiger charge is -2.17. The largest absolute Gasteiger partial charge is 0.304 e. The van der Waals surface area contributed by atoms with Crippen LogP contribution in [0.15, 0.2) is 43.5 Å². The van der Waals surface area contributed by atoms with Gasteiger partial charge in [0.25, 0.3) is 0 Å². The van der Waals surface area contributed by atoms with E-state index < -0.39 is 0 Å². The number of allylic oxidation sites excluding steroid dienone is 6. The van der Waals surface area contributed by atoms with E-state index in [1.54, 1.807) is 21.5 Å². The fourth-order valence-corrected chi connectivity index (χ4v) is 2.31. The highest BCUT2D eigenvalue weighted by Gasteiger charge is 2.06. The Morgan fingerprint density at radius 3 is 2.55 bits per heavy atom. The first-order chi connectivity index (χ1) is 10.7. The van der Waals surface area contributed by atoms with Crippen molar-refractivity contribution in [2.24, 2.45) is 0 Å². The molecule has 0 atom stereocenters. The number of tetrazole rings is 1. The third-order valence-electron chi connectivity index (χ3n) is 3.31. The van der Waals surface area contributed by atoms with Crippen LogP contribution in [0.3, 0.4) is 0 Å². The summed E-state index contributed by atoms with van der Waals surface area (Å²) in [5.41, 5.74) is 0.815. The quantitative estimate of drug-likeness (QED) is 0.490. The maximum Gasteiger partial charge on any atom is 0.220 e. The number of rotatable bonds is 10. The Morgan fingerprint density at radius 2 is 1.95 bits per heavy atom. The molecule has 0 aliphatic carbocycles. The van der Waals surface area contributed by atoms with Gasteiger partial charge < -0.3 is 4.90 Å². The molecule has 120 valence electrons. The minimum atomic E-state index is 0.585. The molecule has 0 fully saturated rings. The van der Waals surface area contributed by atoms with Crippen LogP contribution in [0.25, 0.3) is 5.70 Å². The van der Waals surface area contributed by atoms with Gasteiger partial charge in [-0.3, -0.25) is 0 Å². The van der Waals surface area contributed by atoms with Crippen LogP contribution in [0.4, 0.5) is 0 Å². The molecule has 5 nitrogen and oxygen atoms in total. The molecule has 0 bridgehead atoms. The number of hydrogen-bond donors (Lipinski definition) is 0. The maximum atomic E-state index is 5.45. The van der Waals surface area contributed by atoms with E-state index in [0.29, 0.717) is 4.77 Å². The standard InChI is InChI=1S/C16H25N5S/c1-5-9-12-15(11-6-2)21-16(22)20(17-18-21)14-10-13-19(7-3)8-4/h5-6,9,11-12H,1-2,7-8,10,13-14H2,3-4H3/b12-9-,15-11+. The van der Waals surface area contributed by atoms with Gasteiger partial charge in [0.15, 0.2) is 0 Å². The van der Waals surface area contributed by atoms with Crippen molar-refractivity contribution in [3.05, 3.63) is 48.3 Å². The molecular weight excluding hydrogens is 294 g/mol. The summed E-state index contributed by atoms with van der Waals surface area (Å²) in [5.74, 6) is 0. The van der Waals surface area contributed by atoms with Crippen LogP contribution in [0.5, 0.6) is 0 Å². The second-order valence-electron chi connectivity index (χ2n) is 4.70. The Morgan fingerprint density at radius 1 is 1.23 bits per heavy atom. The second kappa shape index (κ2) is 10.0. The van der Waals surface area contributed by atoms with Crippen LogP contribution in [-0.4, -0.2) is 44.3 Å². The van der Waals surface area contributed by atoms with E-state index >= 15 is 0 Å². The summed E-state index contributed by atoms with van der Waals surface area (Å²) in [7, 11) is 0. The summed E-state index contributed by atoms with van der Waals surface area (Å²) in [6, 6.07) is 0. The number of aromatic nitrogens is 4. The van der Waals surface area contributed by atoms with Gasteiger partial charge in [-0.1, -0.05) is 45.2 Å². The fourth-order valence-electron chi connectivity index (χ4n) is 2.04. The van der Waals surface area contributed by atoms with Crippen LogP contribution in [0.1, 0.15) is 20.3 Å². The zero-order valence-electron chi connectivity index (χ0n) is 13.5. The molecule has 0 aliphatic heterocycles. The van der Waals surface area contributed by atoms with Crippen molar-refractivity contribution in [1.29, 1.82) is 0 Å². The van der Waals surface area contributed by atoms with Crippen LogP contribution < -0.4 is 0 Å². The third kappa shape index (κ3) is 5.20. The summed E-state index contributed by atoms with van der Waals surface area (Å²) >= 11 is 5.45. The van der Waals surface area contributed by atoms with E-state index in [9.17, 15) is 0 Å². The average Bonchev–Trinajstić information content (AvgIpc) is 2.89. The van der Waals surface area contributed by atoms with Crippen LogP contribution in [0, 0.1) is 4.77 Å². The number of aryl methyl sites for hydroxylation is 1. The van der Waals surface area contributed by atoms with Gasteiger partial charge in [-0.2, -0.15) is 4.68 Å². The molecule has 1 rings (SSSR count). The third-order valence-corrected chi connectivity index (χ3v) is 3.70. The molecule has 0 unspecified atom stereocenters. The van der Waals surface area contributed by atoms with Gasteiger partial charge in [-0.15, -0.1) is 0 Å². The predicted molar refractivity (Wildman–Crippen MR) is 95.1 cm³/mol. The lowest BCUT2D eigenvalue weighted by molar-refractivity contribution is 0.290. The van der Waals surface area contributed by atoms with E-state index in [4.69, 9.17) is 12.2 Å². The first kappa shape index (κ1) is 18.3. The van der Waals surface area contributed by atoms with Crippen LogP contribution in [-0.2, 0) is 6.54 Å². The molecule has 1 aromatic rings. The Labute approximate surface area is 137 Å². The van der Waals surface area contributed by atoms with Gasteiger partial charge in [0.05, 0.1) is 5.70 Å². The van der Waals surface area contributed by atoms with Gasteiger partial charge in [-0.25, -0.2) is 4.68 Å². The summed E-state index contributed by atoms with van der Waals surface area (Å²) in [5, 5.41) is 8.28. The molecule has 0 spiro atoms. The number of nitrogens with zero attached hydrogens (tertiary/aromatic N) is 5. The van der Waals surface area contributed by atoms with Gasteiger partial charge in [-0.05, 0) is 60.9 Å². The topological polar surface area (TPSA) is 38.9 Å². The van der Waals surface area contributed by atoms with E-state index in [1.807, 2.05) is 18.2 Å². The molecule has 0 saturated heterocycles. The van der Waals surface area contributed by atoms with Crippen molar-refractivity contribution >= 4 is 17.9 Å². The fraction of sp³-hybridized carbons (Fsp3) is 0.438. The summed E-state index contributed by atoms with van der Waals surface area (Å²) < 4.78 is 3.98. The first-order valence-corrected chi connectivity index (χ1v) is 7.96. The average molecular weight is 319 g/mol. The second-order valence-corrected chi connectivity index (χ2v) is 5.06. The lowest BCUT2D eigenvalue weighted by atomic mass is 10.3. The molecule has 0 radical (unpaired) electrons.